The Bertz CT molecular complexity index is 412. The van der Waals surface area contributed by atoms with Gasteiger partial charge >= 0.3 is 0 Å². The predicted molar refractivity (Wildman–Crippen MR) is 72.8 cm³/mol. The van der Waals surface area contributed by atoms with E-state index in [0.29, 0.717) is 4.47 Å². The number of hydrogen-bond acceptors (Lipinski definition) is 2. The van der Waals surface area contributed by atoms with Gasteiger partial charge in [-0.15, -0.1) is 12.4 Å². The molecule has 0 aliphatic rings. The topological polar surface area (TPSA) is 55.1 Å². The normalized spacial score (nSPS) is 10.6. The van der Waals surface area contributed by atoms with Crippen molar-refractivity contribution >= 4 is 39.9 Å². The fraction of sp³-hybridized carbons (Fsp3) is 0.364. The van der Waals surface area contributed by atoms with Gasteiger partial charge in [-0.2, -0.15) is 0 Å². The quantitative estimate of drug-likeness (QED) is 0.898. The highest BCUT2D eigenvalue weighted by molar-refractivity contribution is 9.10. The van der Waals surface area contributed by atoms with Crippen LogP contribution in [-0.4, -0.2) is 12.5 Å². The largest absolute Gasteiger partial charge is 0.329 e. The minimum atomic E-state index is -0.714. The van der Waals surface area contributed by atoms with Crippen molar-refractivity contribution in [2.75, 3.05) is 11.9 Å². The summed E-state index contributed by atoms with van der Waals surface area (Å²) in [6.07, 6.45) is 0. The lowest BCUT2D eigenvalue weighted by atomic mass is 9.92. The van der Waals surface area contributed by atoms with Crippen LogP contribution in [-0.2, 0) is 4.79 Å². The number of anilines is 1. The second-order valence-electron chi connectivity index (χ2n) is 4.17. The molecule has 3 N–H and O–H groups in total. The number of nitrogens with two attached hydrogens (primary N) is 1. The van der Waals surface area contributed by atoms with Crippen LogP contribution in [0.1, 0.15) is 13.8 Å². The standard InChI is InChI=1S/C11H14BrFN2O.ClH/c1-11(2,6-14)10(16)15-9-5-7(12)3-4-8(9)13;/h3-5H,6,14H2,1-2H3,(H,15,16);1H. The van der Waals surface area contributed by atoms with Gasteiger partial charge in [-0.3, -0.25) is 4.79 Å². The van der Waals surface area contributed by atoms with Gasteiger partial charge in [-0.1, -0.05) is 15.9 Å². The summed E-state index contributed by atoms with van der Waals surface area (Å²) >= 11 is 3.21. The van der Waals surface area contributed by atoms with E-state index < -0.39 is 11.2 Å². The lowest BCUT2D eigenvalue weighted by Gasteiger charge is -2.21. The fourth-order valence-electron chi connectivity index (χ4n) is 0.977. The van der Waals surface area contributed by atoms with E-state index in [-0.39, 0.29) is 30.5 Å². The first kappa shape index (κ1) is 16.4. The third-order valence-electron chi connectivity index (χ3n) is 2.30. The van der Waals surface area contributed by atoms with Crippen molar-refractivity contribution < 1.29 is 9.18 Å². The van der Waals surface area contributed by atoms with Gasteiger partial charge in [-0.05, 0) is 32.0 Å². The summed E-state index contributed by atoms with van der Waals surface area (Å²) in [6.45, 7) is 3.62. The van der Waals surface area contributed by atoms with Gasteiger partial charge in [0.15, 0.2) is 0 Å². The lowest BCUT2D eigenvalue weighted by molar-refractivity contribution is -0.123. The molecule has 1 rings (SSSR count). The minimum absolute atomic E-state index is 0. The van der Waals surface area contributed by atoms with Crippen LogP contribution in [0.25, 0.3) is 0 Å². The predicted octanol–water partition coefficient (Wildman–Crippen LogP) is 2.93. The minimum Gasteiger partial charge on any atom is -0.329 e. The summed E-state index contributed by atoms with van der Waals surface area (Å²) in [5.41, 5.74) is 4.91. The SMILES string of the molecule is CC(C)(CN)C(=O)Nc1cc(Br)ccc1F.Cl. The Hall–Kier alpha value is -0.650. The summed E-state index contributed by atoms with van der Waals surface area (Å²) < 4.78 is 14.1. The molecule has 96 valence electrons. The Balaban J connectivity index is 0.00000256. The highest BCUT2D eigenvalue weighted by Gasteiger charge is 2.26. The van der Waals surface area contributed by atoms with E-state index >= 15 is 0 Å². The fourth-order valence-corrected chi connectivity index (χ4v) is 1.34. The number of nitrogens with one attached hydrogen (secondary N) is 1. The van der Waals surface area contributed by atoms with Gasteiger partial charge in [0.05, 0.1) is 11.1 Å². The number of hydrogen-bond donors (Lipinski definition) is 2. The molecule has 0 bridgehead atoms. The molecule has 1 aromatic rings. The van der Waals surface area contributed by atoms with Crippen molar-refractivity contribution in [2.45, 2.75) is 13.8 Å². The second kappa shape index (κ2) is 6.33. The molecule has 0 aromatic heterocycles. The third-order valence-corrected chi connectivity index (χ3v) is 2.79. The number of carbonyl (C=O) groups is 1. The van der Waals surface area contributed by atoms with Crippen molar-refractivity contribution in [1.82, 2.24) is 0 Å². The van der Waals surface area contributed by atoms with Gasteiger partial charge in [0.25, 0.3) is 0 Å². The number of amides is 1. The highest BCUT2D eigenvalue weighted by Crippen LogP contribution is 2.22. The first-order chi connectivity index (χ1) is 7.36. The Morgan fingerprint density at radius 3 is 2.65 bits per heavy atom. The molecule has 0 radical (unpaired) electrons. The Kier molecular flexibility index (Phi) is 6.09. The Labute approximate surface area is 114 Å². The molecule has 1 aromatic carbocycles. The summed E-state index contributed by atoms with van der Waals surface area (Å²) in [4.78, 5) is 11.8. The molecule has 0 atom stereocenters. The number of carbonyl (C=O) groups excluding carboxylic acids is 1. The Morgan fingerprint density at radius 1 is 1.53 bits per heavy atom. The van der Waals surface area contributed by atoms with Crippen molar-refractivity contribution in [3.63, 3.8) is 0 Å². The van der Waals surface area contributed by atoms with Gasteiger partial charge < -0.3 is 11.1 Å². The molecule has 0 unspecified atom stereocenters. The zero-order chi connectivity index (χ0) is 12.3. The molecule has 0 heterocycles. The zero-order valence-electron chi connectivity index (χ0n) is 9.59. The third kappa shape index (κ3) is 4.26. The van der Waals surface area contributed by atoms with Crippen LogP contribution < -0.4 is 11.1 Å². The number of halogens is 3. The molecule has 0 saturated heterocycles. The summed E-state index contributed by atoms with van der Waals surface area (Å²) in [5.74, 6) is -0.767. The van der Waals surface area contributed by atoms with Crippen LogP contribution >= 0.6 is 28.3 Å². The maximum atomic E-state index is 13.4. The summed E-state index contributed by atoms with van der Waals surface area (Å²) in [7, 11) is 0. The Morgan fingerprint density at radius 2 is 2.12 bits per heavy atom. The average molecular weight is 326 g/mol. The molecular formula is C11H15BrClFN2O. The first-order valence-corrected chi connectivity index (χ1v) is 5.62. The summed E-state index contributed by atoms with van der Waals surface area (Å²) in [5, 5.41) is 2.52. The maximum Gasteiger partial charge on any atom is 0.231 e. The van der Waals surface area contributed by atoms with E-state index in [1.54, 1.807) is 19.9 Å². The van der Waals surface area contributed by atoms with Crippen LogP contribution in [0.15, 0.2) is 22.7 Å². The molecule has 0 aliphatic carbocycles. The van der Waals surface area contributed by atoms with E-state index in [9.17, 15) is 9.18 Å². The van der Waals surface area contributed by atoms with Crippen molar-refractivity contribution in [2.24, 2.45) is 11.1 Å². The molecule has 0 fully saturated rings. The van der Waals surface area contributed by atoms with Gasteiger partial charge in [0, 0.05) is 11.0 Å². The van der Waals surface area contributed by atoms with Crippen LogP contribution in [0, 0.1) is 11.2 Å². The van der Waals surface area contributed by atoms with Gasteiger partial charge in [0.1, 0.15) is 5.82 Å². The van der Waals surface area contributed by atoms with E-state index in [1.807, 2.05) is 0 Å². The highest BCUT2D eigenvalue weighted by atomic mass is 79.9. The molecule has 0 spiro atoms. The number of benzene rings is 1. The van der Waals surface area contributed by atoms with Crippen molar-refractivity contribution in [3.05, 3.63) is 28.5 Å². The van der Waals surface area contributed by atoms with E-state index in [0.717, 1.165) is 0 Å². The van der Waals surface area contributed by atoms with E-state index in [4.69, 9.17) is 5.73 Å². The smallest absolute Gasteiger partial charge is 0.231 e. The molecule has 6 heteroatoms. The molecule has 0 saturated carbocycles. The molecule has 0 aliphatic heterocycles. The summed E-state index contributed by atoms with van der Waals surface area (Å²) in [6, 6.07) is 4.37. The van der Waals surface area contributed by atoms with Crippen molar-refractivity contribution in [3.8, 4) is 0 Å². The van der Waals surface area contributed by atoms with Crippen LogP contribution in [0.2, 0.25) is 0 Å². The first-order valence-electron chi connectivity index (χ1n) is 4.83. The van der Waals surface area contributed by atoms with E-state index in [2.05, 4.69) is 21.2 Å². The molecule has 3 nitrogen and oxygen atoms in total. The molecular weight excluding hydrogens is 310 g/mol. The zero-order valence-corrected chi connectivity index (χ0v) is 12.0. The van der Waals surface area contributed by atoms with Gasteiger partial charge in [-0.25, -0.2) is 4.39 Å². The van der Waals surface area contributed by atoms with E-state index in [1.165, 1.54) is 12.1 Å². The average Bonchev–Trinajstić information content (AvgIpc) is 2.23. The lowest BCUT2D eigenvalue weighted by Crippen LogP contribution is -2.37. The van der Waals surface area contributed by atoms with Gasteiger partial charge in [0.2, 0.25) is 5.91 Å². The van der Waals surface area contributed by atoms with Crippen LogP contribution in [0.4, 0.5) is 10.1 Å². The van der Waals surface area contributed by atoms with Crippen LogP contribution in [0.3, 0.4) is 0 Å². The molecule has 17 heavy (non-hydrogen) atoms. The number of rotatable bonds is 3. The van der Waals surface area contributed by atoms with Crippen molar-refractivity contribution in [1.29, 1.82) is 0 Å². The second-order valence-corrected chi connectivity index (χ2v) is 5.08. The molecule has 1 amide bonds. The maximum absolute atomic E-state index is 13.4. The monoisotopic (exact) mass is 324 g/mol. The van der Waals surface area contributed by atoms with Crippen LogP contribution in [0.5, 0.6) is 0 Å².